The molecule has 0 aliphatic carbocycles. The quantitative estimate of drug-likeness (QED) is 0.556. The molecule has 0 bridgehead atoms. The summed E-state index contributed by atoms with van der Waals surface area (Å²) in [6.45, 7) is 1.83. The molecule has 0 spiro atoms. The number of hydrogen-bond donors (Lipinski definition) is 1. The summed E-state index contributed by atoms with van der Waals surface area (Å²) in [6.07, 6.45) is 0. The number of carbonyl (C=O) groups is 1. The van der Waals surface area contributed by atoms with Crippen LogP contribution in [0.5, 0.6) is 11.5 Å². The zero-order valence-corrected chi connectivity index (χ0v) is 13.5. The number of aromatic nitrogens is 2. The summed E-state index contributed by atoms with van der Waals surface area (Å²) in [5, 5.41) is 0. The summed E-state index contributed by atoms with van der Waals surface area (Å²) in [6, 6.07) is 13.4. The number of para-hydroxylation sites is 2. The average Bonchev–Trinajstić information content (AvgIpc) is 3.02. The minimum Gasteiger partial charge on any atom is -0.493 e. The molecule has 0 saturated carbocycles. The van der Waals surface area contributed by atoms with Crippen LogP contribution in [0.15, 0.2) is 42.5 Å². The Balaban J connectivity index is 1.79. The molecule has 0 atom stereocenters. The maximum atomic E-state index is 10.7. The van der Waals surface area contributed by atoms with Crippen LogP contribution in [0.4, 0.5) is 0 Å². The molecule has 3 aromatic rings. The molecule has 1 N–H and O–H groups in total. The van der Waals surface area contributed by atoms with Crippen LogP contribution in [0.2, 0.25) is 0 Å². The van der Waals surface area contributed by atoms with E-state index < -0.39 is 0 Å². The van der Waals surface area contributed by atoms with Crippen LogP contribution in [-0.4, -0.2) is 36.3 Å². The molecule has 1 aromatic heterocycles. The first-order valence-electron chi connectivity index (χ1n) is 7.56. The zero-order chi connectivity index (χ0) is 16.9. The van der Waals surface area contributed by atoms with Gasteiger partial charge in [-0.25, -0.2) is 4.98 Å². The lowest BCUT2D eigenvalue weighted by molar-refractivity contribution is -0.141. The number of benzene rings is 2. The van der Waals surface area contributed by atoms with E-state index in [0.29, 0.717) is 11.5 Å². The van der Waals surface area contributed by atoms with Gasteiger partial charge < -0.3 is 19.2 Å². The number of esters is 1. The standard InChI is InChI=1S/C18H18N2O4/c1-12(21)23-9-10-24-16-8-7-13(11-17(16)22-2)18-19-14-5-3-4-6-15(14)20-18/h3-8,11H,9-10H2,1-2H3,(H,19,20). The fourth-order valence-electron chi connectivity index (χ4n) is 2.36. The minimum atomic E-state index is -0.328. The summed E-state index contributed by atoms with van der Waals surface area (Å²) in [5.41, 5.74) is 2.79. The summed E-state index contributed by atoms with van der Waals surface area (Å²) >= 11 is 0. The van der Waals surface area contributed by atoms with Crippen molar-refractivity contribution in [3.05, 3.63) is 42.5 Å². The van der Waals surface area contributed by atoms with Crippen molar-refractivity contribution in [3.8, 4) is 22.9 Å². The maximum absolute atomic E-state index is 10.7. The van der Waals surface area contributed by atoms with E-state index in [1.54, 1.807) is 7.11 Å². The zero-order valence-electron chi connectivity index (χ0n) is 13.5. The molecule has 3 rings (SSSR count). The lowest BCUT2D eigenvalue weighted by Crippen LogP contribution is -2.10. The van der Waals surface area contributed by atoms with E-state index in [2.05, 4.69) is 9.97 Å². The molecule has 0 amide bonds. The number of methoxy groups -OCH3 is 1. The van der Waals surface area contributed by atoms with Gasteiger partial charge in [-0.3, -0.25) is 4.79 Å². The predicted octanol–water partition coefficient (Wildman–Crippen LogP) is 3.18. The van der Waals surface area contributed by atoms with Crippen molar-refractivity contribution in [2.24, 2.45) is 0 Å². The number of aromatic amines is 1. The first-order chi connectivity index (χ1) is 11.7. The third-order valence-electron chi connectivity index (χ3n) is 3.47. The van der Waals surface area contributed by atoms with Crippen LogP contribution in [0.25, 0.3) is 22.4 Å². The van der Waals surface area contributed by atoms with Gasteiger partial charge in [0, 0.05) is 12.5 Å². The number of nitrogens with zero attached hydrogens (tertiary/aromatic N) is 1. The van der Waals surface area contributed by atoms with Crippen LogP contribution in [0.3, 0.4) is 0 Å². The van der Waals surface area contributed by atoms with E-state index in [9.17, 15) is 4.79 Å². The first-order valence-corrected chi connectivity index (χ1v) is 7.56. The van der Waals surface area contributed by atoms with E-state index in [4.69, 9.17) is 14.2 Å². The highest BCUT2D eigenvalue weighted by Gasteiger charge is 2.10. The van der Waals surface area contributed by atoms with Crippen molar-refractivity contribution in [2.45, 2.75) is 6.92 Å². The van der Waals surface area contributed by atoms with Gasteiger partial charge in [0.05, 0.1) is 18.1 Å². The Hall–Kier alpha value is -3.02. The molecule has 6 heteroatoms. The Morgan fingerprint density at radius 2 is 1.96 bits per heavy atom. The molecule has 0 saturated heterocycles. The van der Waals surface area contributed by atoms with Crippen molar-refractivity contribution in [1.82, 2.24) is 9.97 Å². The van der Waals surface area contributed by atoms with E-state index in [-0.39, 0.29) is 19.2 Å². The Bertz CT molecular complexity index is 824. The molecule has 0 aliphatic rings. The van der Waals surface area contributed by atoms with Gasteiger partial charge in [0.15, 0.2) is 11.5 Å². The smallest absolute Gasteiger partial charge is 0.302 e. The van der Waals surface area contributed by atoms with E-state index >= 15 is 0 Å². The topological polar surface area (TPSA) is 73.4 Å². The van der Waals surface area contributed by atoms with Gasteiger partial charge in [-0.05, 0) is 30.3 Å². The largest absolute Gasteiger partial charge is 0.493 e. The van der Waals surface area contributed by atoms with Gasteiger partial charge in [0.2, 0.25) is 0 Å². The van der Waals surface area contributed by atoms with Gasteiger partial charge in [-0.2, -0.15) is 0 Å². The van der Waals surface area contributed by atoms with Crippen LogP contribution in [0, 0.1) is 0 Å². The van der Waals surface area contributed by atoms with Gasteiger partial charge in [-0.1, -0.05) is 12.1 Å². The van der Waals surface area contributed by atoms with Crippen molar-refractivity contribution >= 4 is 17.0 Å². The molecular weight excluding hydrogens is 308 g/mol. The lowest BCUT2D eigenvalue weighted by atomic mass is 10.2. The molecule has 24 heavy (non-hydrogen) atoms. The number of H-pyrrole nitrogens is 1. The first kappa shape index (κ1) is 15.9. The number of hydrogen-bond acceptors (Lipinski definition) is 5. The fourth-order valence-corrected chi connectivity index (χ4v) is 2.36. The summed E-state index contributed by atoms with van der Waals surface area (Å²) < 4.78 is 15.8. The molecule has 0 fully saturated rings. The second-order valence-corrected chi connectivity index (χ2v) is 5.16. The van der Waals surface area contributed by atoms with E-state index in [1.165, 1.54) is 6.92 Å². The minimum absolute atomic E-state index is 0.198. The third-order valence-corrected chi connectivity index (χ3v) is 3.47. The molecule has 0 unspecified atom stereocenters. The van der Waals surface area contributed by atoms with Gasteiger partial charge in [0.25, 0.3) is 0 Å². The van der Waals surface area contributed by atoms with Crippen molar-refractivity contribution in [1.29, 1.82) is 0 Å². The number of fused-ring (bicyclic) bond motifs is 1. The highest BCUT2D eigenvalue weighted by atomic mass is 16.6. The average molecular weight is 326 g/mol. The molecule has 0 radical (unpaired) electrons. The van der Waals surface area contributed by atoms with Crippen LogP contribution in [0.1, 0.15) is 6.92 Å². The van der Waals surface area contributed by atoms with Crippen molar-refractivity contribution in [3.63, 3.8) is 0 Å². The van der Waals surface area contributed by atoms with Crippen molar-refractivity contribution < 1.29 is 19.0 Å². The summed E-state index contributed by atoms with van der Waals surface area (Å²) in [7, 11) is 1.58. The Kier molecular flexibility index (Phi) is 4.65. The third kappa shape index (κ3) is 3.48. The molecular formula is C18H18N2O4. The Labute approximate surface area is 139 Å². The predicted molar refractivity (Wildman–Crippen MR) is 90.2 cm³/mol. The molecule has 1 heterocycles. The summed E-state index contributed by atoms with van der Waals surface area (Å²) in [5.74, 6) is 1.62. The number of carbonyl (C=O) groups excluding carboxylic acids is 1. The SMILES string of the molecule is COc1cc(-c2nc3ccccc3[nH]2)ccc1OCCOC(C)=O. The van der Waals surface area contributed by atoms with E-state index in [1.807, 2.05) is 42.5 Å². The highest BCUT2D eigenvalue weighted by Crippen LogP contribution is 2.32. The van der Waals surface area contributed by atoms with Crippen LogP contribution in [-0.2, 0) is 9.53 Å². The molecule has 6 nitrogen and oxygen atoms in total. The monoisotopic (exact) mass is 326 g/mol. The Morgan fingerprint density at radius 1 is 1.12 bits per heavy atom. The number of ether oxygens (including phenoxy) is 3. The molecule has 124 valence electrons. The van der Waals surface area contributed by atoms with Crippen LogP contribution >= 0.6 is 0 Å². The normalized spacial score (nSPS) is 10.6. The second-order valence-electron chi connectivity index (χ2n) is 5.16. The maximum Gasteiger partial charge on any atom is 0.302 e. The van der Waals surface area contributed by atoms with Crippen molar-refractivity contribution in [2.75, 3.05) is 20.3 Å². The van der Waals surface area contributed by atoms with Gasteiger partial charge in [0.1, 0.15) is 19.0 Å². The fraction of sp³-hybridized carbons (Fsp3) is 0.222. The van der Waals surface area contributed by atoms with E-state index in [0.717, 1.165) is 22.4 Å². The molecule has 2 aromatic carbocycles. The number of imidazole rings is 1. The number of rotatable bonds is 6. The highest BCUT2D eigenvalue weighted by molar-refractivity contribution is 5.79. The van der Waals surface area contributed by atoms with Crippen LogP contribution < -0.4 is 9.47 Å². The lowest BCUT2D eigenvalue weighted by Gasteiger charge is -2.11. The van der Waals surface area contributed by atoms with Gasteiger partial charge in [-0.15, -0.1) is 0 Å². The number of nitrogens with one attached hydrogen (secondary N) is 1. The Morgan fingerprint density at radius 3 is 2.71 bits per heavy atom. The summed E-state index contributed by atoms with van der Waals surface area (Å²) in [4.78, 5) is 18.6. The van der Waals surface area contributed by atoms with Gasteiger partial charge >= 0.3 is 5.97 Å². The molecule has 0 aliphatic heterocycles. The second kappa shape index (κ2) is 7.04.